The molecule has 3 aromatic carbocycles. The van der Waals surface area contributed by atoms with Gasteiger partial charge >= 0.3 is 0 Å². The molecular weight excluding hydrogens is 498 g/mol. The summed E-state index contributed by atoms with van der Waals surface area (Å²) in [6.07, 6.45) is 0. The summed E-state index contributed by atoms with van der Waals surface area (Å²) in [4.78, 5) is 28.8. The molecule has 1 saturated heterocycles. The summed E-state index contributed by atoms with van der Waals surface area (Å²) < 4.78 is 5.58. The van der Waals surface area contributed by atoms with Crippen LogP contribution in [0.5, 0.6) is 5.75 Å². The fourth-order valence-corrected chi connectivity index (χ4v) is 5.31. The van der Waals surface area contributed by atoms with Crippen LogP contribution in [-0.4, -0.2) is 28.8 Å². The smallest absolute Gasteiger partial charge is 0.295 e. The molecule has 0 spiro atoms. The van der Waals surface area contributed by atoms with Gasteiger partial charge in [-0.1, -0.05) is 89.6 Å². The number of aryl methyl sites for hydroxylation is 2. The standard InChI is InChI=1S/C35H41NO4/c1-21-10-11-22(2)25(18-21)20-36-30(23-12-15-26(16-13-23)34(3,4)5)29(32(38)33(36)39)31(37)24-14-17-28(40-9)27(19-24)35(6,7)8/h10-19,30,37H,20H2,1-9H3/b31-29-. The normalized spacial score (nSPS) is 17.4. The van der Waals surface area contributed by atoms with Crippen LogP contribution in [0.25, 0.3) is 5.76 Å². The van der Waals surface area contributed by atoms with Gasteiger partial charge in [-0.25, -0.2) is 0 Å². The molecule has 1 aliphatic heterocycles. The van der Waals surface area contributed by atoms with E-state index in [0.29, 0.717) is 11.3 Å². The minimum absolute atomic E-state index is 0.0501. The fourth-order valence-electron chi connectivity index (χ4n) is 5.31. The highest BCUT2D eigenvalue weighted by Crippen LogP contribution is 2.42. The summed E-state index contributed by atoms with van der Waals surface area (Å²) >= 11 is 0. The first-order valence-corrected chi connectivity index (χ1v) is 13.8. The van der Waals surface area contributed by atoms with E-state index in [0.717, 1.165) is 33.4 Å². The van der Waals surface area contributed by atoms with Crippen molar-refractivity contribution in [1.82, 2.24) is 4.90 Å². The van der Waals surface area contributed by atoms with Crippen LogP contribution in [0, 0.1) is 13.8 Å². The monoisotopic (exact) mass is 539 g/mol. The Kier molecular flexibility index (Phi) is 7.72. The Labute approximate surface area is 238 Å². The average Bonchev–Trinajstić information content (AvgIpc) is 3.14. The Morgan fingerprint density at radius 2 is 1.52 bits per heavy atom. The van der Waals surface area contributed by atoms with Gasteiger partial charge in [-0.3, -0.25) is 9.59 Å². The van der Waals surface area contributed by atoms with Crippen molar-refractivity contribution >= 4 is 17.4 Å². The molecule has 40 heavy (non-hydrogen) atoms. The van der Waals surface area contributed by atoms with Crippen molar-refractivity contribution in [2.45, 2.75) is 78.8 Å². The predicted molar refractivity (Wildman–Crippen MR) is 161 cm³/mol. The summed E-state index contributed by atoms with van der Waals surface area (Å²) in [5.74, 6) is -0.772. The number of carbonyl (C=O) groups is 2. The Hall–Kier alpha value is -3.86. The number of hydrogen-bond acceptors (Lipinski definition) is 4. The van der Waals surface area contributed by atoms with Crippen LogP contribution in [0.1, 0.15) is 86.5 Å². The van der Waals surface area contributed by atoms with E-state index in [2.05, 4.69) is 41.5 Å². The van der Waals surface area contributed by atoms with E-state index >= 15 is 0 Å². The molecule has 0 saturated carbocycles. The molecule has 1 atom stereocenters. The number of amides is 1. The van der Waals surface area contributed by atoms with E-state index in [-0.39, 0.29) is 28.7 Å². The van der Waals surface area contributed by atoms with E-state index in [9.17, 15) is 14.7 Å². The van der Waals surface area contributed by atoms with E-state index in [1.165, 1.54) is 0 Å². The molecular formula is C35H41NO4. The molecule has 0 aromatic heterocycles. The minimum atomic E-state index is -0.728. The maximum Gasteiger partial charge on any atom is 0.295 e. The lowest BCUT2D eigenvalue weighted by Crippen LogP contribution is -2.29. The van der Waals surface area contributed by atoms with Crippen LogP contribution in [-0.2, 0) is 27.0 Å². The van der Waals surface area contributed by atoms with Gasteiger partial charge in [0.2, 0.25) is 0 Å². The molecule has 1 unspecified atom stereocenters. The number of ether oxygens (including phenoxy) is 1. The zero-order valence-electron chi connectivity index (χ0n) is 25.2. The molecule has 1 amide bonds. The number of ketones is 1. The second kappa shape index (κ2) is 10.6. The van der Waals surface area contributed by atoms with Gasteiger partial charge in [-0.05, 0) is 65.1 Å². The van der Waals surface area contributed by atoms with Gasteiger partial charge in [-0.2, -0.15) is 0 Å². The molecule has 1 N–H and O–H groups in total. The number of aliphatic hydroxyl groups is 1. The highest BCUT2D eigenvalue weighted by molar-refractivity contribution is 6.46. The third-order valence-electron chi connectivity index (χ3n) is 7.76. The average molecular weight is 540 g/mol. The van der Waals surface area contributed by atoms with Crippen LogP contribution in [0.3, 0.4) is 0 Å². The van der Waals surface area contributed by atoms with Gasteiger partial charge in [-0.15, -0.1) is 0 Å². The van der Waals surface area contributed by atoms with E-state index in [1.807, 2.05) is 62.4 Å². The van der Waals surface area contributed by atoms with Gasteiger partial charge in [0.05, 0.1) is 18.7 Å². The van der Waals surface area contributed by atoms with Gasteiger partial charge in [0.25, 0.3) is 11.7 Å². The highest BCUT2D eigenvalue weighted by Gasteiger charge is 2.46. The van der Waals surface area contributed by atoms with Crippen molar-refractivity contribution in [2.24, 2.45) is 0 Å². The first-order chi connectivity index (χ1) is 18.6. The Morgan fingerprint density at radius 3 is 2.10 bits per heavy atom. The van der Waals surface area contributed by atoms with Crippen LogP contribution < -0.4 is 4.74 Å². The molecule has 5 heteroatoms. The highest BCUT2D eigenvalue weighted by atomic mass is 16.5. The van der Waals surface area contributed by atoms with Crippen molar-refractivity contribution in [2.75, 3.05) is 7.11 Å². The molecule has 0 aliphatic carbocycles. The lowest BCUT2D eigenvalue weighted by Gasteiger charge is -2.27. The third-order valence-corrected chi connectivity index (χ3v) is 7.76. The predicted octanol–water partition coefficient (Wildman–Crippen LogP) is 7.53. The summed E-state index contributed by atoms with van der Waals surface area (Å²) in [6, 6.07) is 18.8. The lowest BCUT2D eigenvalue weighted by atomic mass is 9.84. The van der Waals surface area contributed by atoms with Crippen LogP contribution >= 0.6 is 0 Å². The number of hydrogen-bond donors (Lipinski definition) is 1. The molecule has 1 heterocycles. The number of likely N-dealkylation sites (tertiary alicyclic amines) is 1. The molecule has 1 aliphatic rings. The topological polar surface area (TPSA) is 66.8 Å². The molecule has 3 aromatic rings. The Balaban J connectivity index is 1.92. The van der Waals surface area contributed by atoms with E-state index in [4.69, 9.17) is 4.74 Å². The van der Waals surface area contributed by atoms with E-state index < -0.39 is 17.7 Å². The molecule has 0 radical (unpaired) electrons. The zero-order valence-corrected chi connectivity index (χ0v) is 25.2. The Bertz CT molecular complexity index is 1480. The molecule has 4 rings (SSSR count). The summed E-state index contributed by atoms with van der Waals surface area (Å²) in [7, 11) is 1.62. The summed E-state index contributed by atoms with van der Waals surface area (Å²) in [5.41, 5.74) is 6.18. The van der Waals surface area contributed by atoms with Crippen molar-refractivity contribution in [3.8, 4) is 5.75 Å². The van der Waals surface area contributed by atoms with Crippen molar-refractivity contribution in [3.05, 3.63) is 105 Å². The largest absolute Gasteiger partial charge is 0.507 e. The number of nitrogens with zero attached hydrogens (tertiary/aromatic N) is 1. The minimum Gasteiger partial charge on any atom is -0.507 e. The number of rotatable bonds is 5. The van der Waals surface area contributed by atoms with Gasteiger partial charge in [0.15, 0.2) is 0 Å². The second-order valence-corrected chi connectivity index (χ2v) is 12.9. The molecule has 210 valence electrons. The second-order valence-electron chi connectivity index (χ2n) is 12.9. The van der Waals surface area contributed by atoms with Crippen molar-refractivity contribution in [1.29, 1.82) is 0 Å². The van der Waals surface area contributed by atoms with Crippen molar-refractivity contribution < 1.29 is 19.4 Å². The SMILES string of the molecule is COc1ccc(/C(O)=C2/C(=O)C(=O)N(Cc3cc(C)ccc3C)C2c2ccc(C(C)(C)C)cc2)cc1C(C)(C)C. The van der Waals surface area contributed by atoms with Gasteiger partial charge in [0, 0.05) is 17.7 Å². The van der Waals surface area contributed by atoms with Gasteiger partial charge < -0.3 is 14.7 Å². The molecule has 0 bridgehead atoms. The summed E-state index contributed by atoms with van der Waals surface area (Å²) in [6.45, 7) is 16.9. The zero-order chi connectivity index (χ0) is 29.6. The Morgan fingerprint density at radius 1 is 0.875 bits per heavy atom. The lowest BCUT2D eigenvalue weighted by molar-refractivity contribution is -0.140. The van der Waals surface area contributed by atoms with Crippen LogP contribution in [0.2, 0.25) is 0 Å². The van der Waals surface area contributed by atoms with Crippen molar-refractivity contribution in [3.63, 3.8) is 0 Å². The van der Waals surface area contributed by atoms with Gasteiger partial charge in [0.1, 0.15) is 11.5 Å². The fraction of sp³-hybridized carbons (Fsp3) is 0.371. The number of Topliss-reactive ketones (excluding diaryl/α,β-unsaturated/α-hetero) is 1. The first-order valence-electron chi connectivity index (χ1n) is 13.8. The number of carbonyl (C=O) groups excluding carboxylic acids is 2. The van der Waals surface area contributed by atoms with Crippen LogP contribution in [0.4, 0.5) is 0 Å². The third kappa shape index (κ3) is 5.56. The summed E-state index contributed by atoms with van der Waals surface area (Å²) in [5, 5.41) is 11.7. The maximum absolute atomic E-state index is 13.7. The maximum atomic E-state index is 13.7. The number of aliphatic hydroxyl groups excluding tert-OH is 1. The number of benzene rings is 3. The molecule has 1 fully saturated rings. The number of methoxy groups -OCH3 is 1. The van der Waals surface area contributed by atoms with E-state index in [1.54, 1.807) is 24.1 Å². The first kappa shape index (κ1) is 29.1. The van der Waals surface area contributed by atoms with Crippen LogP contribution in [0.15, 0.2) is 66.2 Å². The quantitative estimate of drug-likeness (QED) is 0.207. The molecule has 5 nitrogen and oxygen atoms in total.